The van der Waals surface area contributed by atoms with Crippen molar-refractivity contribution >= 4 is 23.2 Å². The number of ether oxygens (including phenoxy) is 1. The Bertz CT molecular complexity index is 699. The number of likely N-dealkylation sites (tertiary alicyclic amines) is 1. The van der Waals surface area contributed by atoms with E-state index < -0.39 is 6.04 Å². The monoisotopic (exact) mass is 330 g/mol. The molecule has 0 bridgehead atoms. The lowest BCUT2D eigenvalue weighted by atomic mass is 10.2. The van der Waals surface area contributed by atoms with Gasteiger partial charge < -0.3 is 9.64 Å². The van der Waals surface area contributed by atoms with Gasteiger partial charge in [0.25, 0.3) is 5.91 Å². The van der Waals surface area contributed by atoms with Crippen LogP contribution in [0.25, 0.3) is 0 Å². The smallest absolute Gasteiger partial charge is 0.329 e. The van der Waals surface area contributed by atoms with E-state index in [4.69, 9.17) is 4.74 Å². The van der Waals surface area contributed by atoms with Crippen molar-refractivity contribution < 1.29 is 14.3 Å². The summed E-state index contributed by atoms with van der Waals surface area (Å²) in [7, 11) is 0. The molecule has 120 valence electrons. The zero-order valence-electron chi connectivity index (χ0n) is 12.9. The molecule has 0 unspecified atom stereocenters. The van der Waals surface area contributed by atoms with Gasteiger partial charge in [-0.05, 0) is 25.3 Å². The van der Waals surface area contributed by atoms with Gasteiger partial charge in [0.05, 0.1) is 5.01 Å². The van der Waals surface area contributed by atoms with E-state index in [9.17, 15) is 9.59 Å². The van der Waals surface area contributed by atoms with Crippen LogP contribution in [-0.2, 0) is 16.1 Å². The summed E-state index contributed by atoms with van der Waals surface area (Å²) in [6.07, 6.45) is 1.45. The summed E-state index contributed by atoms with van der Waals surface area (Å²) < 4.78 is 5.38. The van der Waals surface area contributed by atoms with Crippen molar-refractivity contribution in [3.63, 3.8) is 0 Å². The first kappa shape index (κ1) is 15.7. The fourth-order valence-corrected chi connectivity index (χ4v) is 3.28. The van der Waals surface area contributed by atoms with E-state index in [2.05, 4.69) is 4.98 Å². The lowest BCUT2D eigenvalue weighted by Crippen LogP contribution is -2.41. The molecule has 6 heteroatoms. The number of nitrogens with zero attached hydrogens (tertiary/aromatic N) is 2. The minimum Gasteiger partial charge on any atom is -0.459 e. The summed E-state index contributed by atoms with van der Waals surface area (Å²) in [5.41, 5.74) is 1.35. The molecule has 1 aliphatic heterocycles. The number of carbonyl (C=O) groups is 2. The van der Waals surface area contributed by atoms with Crippen LogP contribution in [-0.4, -0.2) is 34.3 Å². The Morgan fingerprint density at radius 1 is 1.35 bits per heavy atom. The number of thiazole rings is 1. The Balaban J connectivity index is 1.64. The molecule has 1 amide bonds. The first-order valence-corrected chi connectivity index (χ1v) is 8.47. The van der Waals surface area contributed by atoms with Crippen molar-refractivity contribution in [3.05, 3.63) is 52.0 Å². The maximum atomic E-state index is 12.5. The van der Waals surface area contributed by atoms with Crippen LogP contribution >= 0.6 is 11.3 Å². The zero-order chi connectivity index (χ0) is 16.2. The largest absolute Gasteiger partial charge is 0.459 e. The Kier molecular flexibility index (Phi) is 4.71. The predicted molar refractivity (Wildman–Crippen MR) is 87.1 cm³/mol. The molecule has 1 atom stereocenters. The van der Waals surface area contributed by atoms with Crippen LogP contribution in [0.15, 0.2) is 35.7 Å². The van der Waals surface area contributed by atoms with Crippen LogP contribution in [0.5, 0.6) is 0 Å². The summed E-state index contributed by atoms with van der Waals surface area (Å²) in [5, 5.41) is 2.58. The van der Waals surface area contributed by atoms with Crippen LogP contribution in [0.2, 0.25) is 0 Å². The molecule has 0 saturated carbocycles. The predicted octanol–water partition coefficient (Wildman–Crippen LogP) is 2.80. The normalized spacial score (nSPS) is 17.3. The molecule has 5 nitrogen and oxygen atoms in total. The molecule has 0 aliphatic carbocycles. The fourth-order valence-electron chi connectivity index (χ4n) is 2.69. The molecule has 1 saturated heterocycles. The highest BCUT2D eigenvalue weighted by Gasteiger charge is 2.36. The molecule has 1 aromatic heterocycles. The number of hydrogen-bond acceptors (Lipinski definition) is 5. The highest BCUT2D eigenvalue weighted by Crippen LogP contribution is 2.22. The van der Waals surface area contributed by atoms with Crippen molar-refractivity contribution in [3.8, 4) is 0 Å². The van der Waals surface area contributed by atoms with E-state index in [-0.39, 0.29) is 18.5 Å². The molecule has 23 heavy (non-hydrogen) atoms. The van der Waals surface area contributed by atoms with Gasteiger partial charge in [-0.25, -0.2) is 9.78 Å². The molecule has 1 fully saturated rings. The topological polar surface area (TPSA) is 59.5 Å². The number of hydrogen-bond donors (Lipinski definition) is 0. The number of benzene rings is 1. The second-order valence-electron chi connectivity index (χ2n) is 5.50. The van der Waals surface area contributed by atoms with Crippen molar-refractivity contribution in [2.75, 3.05) is 6.54 Å². The van der Waals surface area contributed by atoms with Gasteiger partial charge in [0.2, 0.25) is 0 Å². The molecule has 2 aromatic rings. The number of amides is 1. The summed E-state index contributed by atoms with van der Waals surface area (Å²) in [4.78, 5) is 30.7. The highest BCUT2D eigenvalue weighted by atomic mass is 32.1. The van der Waals surface area contributed by atoms with E-state index in [1.165, 1.54) is 11.3 Å². The molecule has 1 aliphatic rings. The number of rotatable bonds is 4. The van der Waals surface area contributed by atoms with E-state index >= 15 is 0 Å². The number of carbonyl (C=O) groups excluding carboxylic acids is 2. The molecule has 0 radical (unpaired) electrons. The summed E-state index contributed by atoms with van der Waals surface area (Å²) in [6.45, 7) is 2.66. The van der Waals surface area contributed by atoms with Gasteiger partial charge >= 0.3 is 5.97 Å². The molecule has 0 spiro atoms. The second kappa shape index (κ2) is 6.91. The maximum absolute atomic E-state index is 12.5. The van der Waals surface area contributed by atoms with Crippen LogP contribution < -0.4 is 0 Å². The van der Waals surface area contributed by atoms with Crippen molar-refractivity contribution in [1.29, 1.82) is 0 Å². The van der Waals surface area contributed by atoms with E-state index in [1.807, 2.05) is 37.3 Å². The Morgan fingerprint density at radius 3 is 2.83 bits per heavy atom. The lowest BCUT2D eigenvalue weighted by Gasteiger charge is -2.22. The van der Waals surface area contributed by atoms with Gasteiger partial charge in [0, 0.05) is 11.9 Å². The standard InChI is InChI=1S/C17H18N2O3S/c1-12-18-14(11-23-12)16(20)19-9-5-8-15(19)17(21)22-10-13-6-3-2-4-7-13/h2-4,6-7,11,15H,5,8-10H2,1H3/t15-/m0/s1. The van der Waals surface area contributed by atoms with Crippen LogP contribution in [0, 0.1) is 6.92 Å². The van der Waals surface area contributed by atoms with Crippen molar-refractivity contribution in [2.45, 2.75) is 32.4 Å². The van der Waals surface area contributed by atoms with Crippen molar-refractivity contribution in [1.82, 2.24) is 9.88 Å². The molecule has 2 heterocycles. The quantitative estimate of drug-likeness (QED) is 0.809. The van der Waals surface area contributed by atoms with Crippen LogP contribution in [0.1, 0.15) is 33.9 Å². The van der Waals surface area contributed by atoms with Gasteiger partial charge in [-0.15, -0.1) is 11.3 Å². The van der Waals surface area contributed by atoms with Gasteiger partial charge in [-0.2, -0.15) is 0 Å². The van der Waals surface area contributed by atoms with Gasteiger partial charge in [0.1, 0.15) is 18.3 Å². The van der Waals surface area contributed by atoms with Gasteiger partial charge in [-0.3, -0.25) is 4.79 Å². The minimum atomic E-state index is -0.506. The molecule has 1 aromatic carbocycles. The third-order valence-electron chi connectivity index (χ3n) is 3.85. The van der Waals surface area contributed by atoms with Gasteiger partial charge in [-0.1, -0.05) is 30.3 Å². The maximum Gasteiger partial charge on any atom is 0.329 e. The van der Waals surface area contributed by atoms with Crippen molar-refractivity contribution in [2.24, 2.45) is 0 Å². The SMILES string of the molecule is Cc1nc(C(=O)N2CCC[C@H]2C(=O)OCc2ccccc2)cs1. The van der Waals surface area contributed by atoms with Crippen LogP contribution in [0.3, 0.4) is 0 Å². The van der Waals surface area contributed by atoms with E-state index in [0.29, 0.717) is 18.7 Å². The highest BCUT2D eigenvalue weighted by molar-refractivity contribution is 7.09. The fraction of sp³-hybridized carbons (Fsp3) is 0.353. The molecule has 0 N–H and O–H groups in total. The molecular formula is C17H18N2O3S. The minimum absolute atomic E-state index is 0.187. The number of esters is 1. The van der Waals surface area contributed by atoms with Gasteiger partial charge in [0.15, 0.2) is 0 Å². The Hall–Kier alpha value is -2.21. The third kappa shape index (κ3) is 3.59. The van der Waals surface area contributed by atoms with E-state index in [0.717, 1.165) is 17.0 Å². The first-order valence-electron chi connectivity index (χ1n) is 7.59. The summed E-state index contributed by atoms with van der Waals surface area (Å²) in [6, 6.07) is 9.02. The molecular weight excluding hydrogens is 312 g/mol. The second-order valence-corrected chi connectivity index (χ2v) is 6.56. The number of aromatic nitrogens is 1. The summed E-state index contributed by atoms with van der Waals surface area (Å²) in [5.74, 6) is -0.528. The average Bonchev–Trinajstić information content (AvgIpc) is 3.22. The Labute approximate surface area is 138 Å². The number of aryl methyl sites for hydroxylation is 1. The van der Waals surface area contributed by atoms with E-state index in [1.54, 1.807) is 10.3 Å². The average molecular weight is 330 g/mol. The summed E-state index contributed by atoms with van der Waals surface area (Å²) >= 11 is 1.43. The lowest BCUT2D eigenvalue weighted by molar-refractivity contribution is -0.149. The Morgan fingerprint density at radius 2 is 2.13 bits per heavy atom. The first-order chi connectivity index (χ1) is 11.1. The zero-order valence-corrected chi connectivity index (χ0v) is 13.7. The molecule has 3 rings (SSSR count). The third-order valence-corrected chi connectivity index (χ3v) is 4.62. The van der Waals surface area contributed by atoms with Crippen LogP contribution in [0.4, 0.5) is 0 Å².